The van der Waals surface area contributed by atoms with Crippen molar-refractivity contribution >= 4 is 5.97 Å². The first-order valence-corrected chi connectivity index (χ1v) is 4.48. The highest BCUT2D eigenvalue weighted by molar-refractivity contribution is 5.81. The van der Waals surface area contributed by atoms with Gasteiger partial charge in [0.25, 0.3) is 0 Å². The second kappa shape index (κ2) is 10.2. The molecule has 0 aliphatic rings. The van der Waals surface area contributed by atoms with Gasteiger partial charge in [0.05, 0.1) is 19.8 Å². The van der Waals surface area contributed by atoms with Crippen LogP contribution in [0.25, 0.3) is 0 Å². The van der Waals surface area contributed by atoms with E-state index in [1.165, 1.54) is 6.08 Å². The molecule has 0 aliphatic heterocycles. The second-order valence-electron chi connectivity index (χ2n) is 2.34. The molecule has 0 saturated carbocycles. The lowest BCUT2D eigenvalue weighted by atomic mass is 10.5. The highest BCUT2D eigenvalue weighted by atomic mass is 16.7. The van der Waals surface area contributed by atoms with Gasteiger partial charge >= 0.3 is 5.97 Å². The molecular weight excluding hydrogens is 186 g/mol. The van der Waals surface area contributed by atoms with Gasteiger partial charge in [-0.3, -0.25) is 4.84 Å². The number of hydrogen-bond acceptors (Lipinski definition) is 5. The quantitative estimate of drug-likeness (QED) is 0.266. The molecule has 0 heterocycles. The van der Waals surface area contributed by atoms with E-state index in [1.54, 1.807) is 20.1 Å². The highest BCUT2D eigenvalue weighted by Crippen LogP contribution is 1.80. The monoisotopic (exact) mass is 203 g/mol. The van der Waals surface area contributed by atoms with E-state index in [1.807, 2.05) is 0 Å². The predicted molar refractivity (Wildman–Crippen MR) is 51.6 cm³/mol. The number of hydroxylamine groups is 1. The zero-order valence-electron chi connectivity index (χ0n) is 8.62. The second-order valence-corrected chi connectivity index (χ2v) is 2.34. The van der Waals surface area contributed by atoms with Crippen molar-refractivity contribution in [3.8, 4) is 0 Å². The van der Waals surface area contributed by atoms with Gasteiger partial charge in [-0.05, 0) is 6.92 Å². The molecule has 0 amide bonds. The van der Waals surface area contributed by atoms with E-state index in [0.717, 1.165) is 0 Å². The Kier molecular flexibility index (Phi) is 9.51. The fourth-order valence-corrected chi connectivity index (χ4v) is 0.650. The number of esters is 1. The molecule has 5 heteroatoms. The molecule has 0 rings (SSSR count). The van der Waals surface area contributed by atoms with Crippen molar-refractivity contribution in [2.24, 2.45) is 0 Å². The summed E-state index contributed by atoms with van der Waals surface area (Å²) in [4.78, 5) is 15.7. The summed E-state index contributed by atoms with van der Waals surface area (Å²) in [5.41, 5.74) is 2.64. The van der Waals surface area contributed by atoms with E-state index in [4.69, 9.17) is 9.57 Å². The van der Waals surface area contributed by atoms with Crippen molar-refractivity contribution < 1.29 is 19.1 Å². The van der Waals surface area contributed by atoms with Gasteiger partial charge in [0.1, 0.15) is 0 Å². The summed E-state index contributed by atoms with van der Waals surface area (Å²) in [6.45, 7) is 3.62. The molecule has 0 bridgehead atoms. The van der Waals surface area contributed by atoms with E-state index in [2.05, 4.69) is 10.2 Å². The van der Waals surface area contributed by atoms with Gasteiger partial charge < -0.3 is 9.47 Å². The van der Waals surface area contributed by atoms with Crippen LogP contribution in [0.1, 0.15) is 6.92 Å². The van der Waals surface area contributed by atoms with Crippen LogP contribution in [0.4, 0.5) is 0 Å². The number of methoxy groups -OCH3 is 1. The summed E-state index contributed by atoms with van der Waals surface area (Å²) < 4.78 is 9.43. The fourth-order valence-electron chi connectivity index (χ4n) is 0.650. The van der Waals surface area contributed by atoms with E-state index in [9.17, 15) is 4.79 Å². The molecule has 0 radical (unpaired) electrons. The van der Waals surface area contributed by atoms with E-state index >= 15 is 0 Å². The maximum absolute atomic E-state index is 10.8. The zero-order valence-corrected chi connectivity index (χ0v) is 8.62. The molecule has 14 heavy (non-hydrogen) atoms. The van der Waals surface area contributed by atoms with Crippen molar-refractivity contribution in [2.75, 3.05) is 33.5 Å². The molecule has 82 valence electrons. The summed E-state index contributed by atoms with van der Waals surface area (Å²) in [6.07, 6.45) is 2.99. The summed E-state index contributed by atoms with van der Waals surface area (Å²) >= 11 is 0. The van der Waals surface area contributed by atoms with Crippen molar-refractivity contribution in [1.82, 2.24) is 5.48 Å². The topological polar surface area (TPSA) is 56.8 Å². The highest BCUT2D eigenvalue weighted by Gasteiger charge is 1.91. The van der Waals surface area contributed by atoms with Gasteiger partial charge in [-0.25, -0.2) is 4.79 Å². The first-order chi connectivity index (χ1) is 6.81. The van der Waals surface area contributed by atoms with Gasteiger partial charge in [-0.15, -0.1) is 0 Å². The third kappa shape index (κ3) is 9.18. The number of carbonyl (C=O) groups is 1. The minimum absolute atomic E-state index is 0.341. The van der Waals surface area contributed by atoms with Gasteiger partial charge in [-0.1, -0.05) is 6.08 Å². The first kappa shape index (κ1) is 13.1. The number of rotatable bonds is 8. The Labute approximate surface area is 84.0 Å². The minimum atomic E-state index is -0.341. The predicted octanol–water partition coefficient (Wildman–Crippen LogP) is 0.273. The van der Waals surface area contributed by atoms with Crippen LogP contribution in [0.2, 0.25) is 0 Å². The van der Waals surface area contributed by atoms with E-state index in [-0.39, 0.29) is 5.97 Å². The molecule has 0 aliphatic carbocycles. The Morgan fingerprint density at radius 2 is 2.21 bits per heavy atom. The van der Waals surface area contributed by atoms with E-state index < -0.39 is 0 Å². The average molecular weight is 203 g/mol. The standard InChI is InChI=1S/C9H17NO4/c1-3-13-9(11)5-4-6-10-14-8-7-12-2/h4-5,10H,3,6-8H2,1-2H3/b5-4+. The zero-order chi connectivity index (χ0) is 10.6. The van der Waals surface area contributed by atoms with Crippen LogP contribution >= 0.6 is 0 Å². The third-order valence-corrected chi connectivity index (χ3v) is 1.23. The molecule has 0 aromatic carbocycles. The SMILES string of the molecule is CCOC(=O)/C=C/CNOCCOC. The Balaban J connectivity index is 3.22. The molecule has 5 nitrogen and oxygen atoms in total. The largest absolute Gasteiger partial charge is 0.463 e. The van der Waals surface area contributed by atoms with Crippen LogP contribution in [-0.2, 0) is 19.1 Å². The van der Waals surface area contributed by atoms with Gasteiger partial charge in [0.15, 0.2) is 0 Å². The smallest absolute Gasteiger partial charge is 0.330 e. The van der Waals surface area contributed by atoms with Crippen LogP contribution in [0.15, 0.2) is 12.2 Å². The molecule has 0 fully saturated rings. The van der Waals surface area contributed by atoms with E-state index in [0.29, 0.717) is 26.4 Å². The van der Waals surface area contributed by atoms with Crippen LogP contribution in [0.3, 0.4) is 0 Å². The van der Waals surface area contributed by atoms with Crippen LogP contribution in [0, 0.1) is 0 Å². The summed E-state index contributed by atoms with van der Waals surface area (Å²) in [7, 11) is 1.60. The third-order valence-electron chi connectivity index (χ3n) is 1.23. The lowest BCUT2D eigenvalue weighted by Crippen LogP contribution is -2.17. The maximum atomic E-state index is 10.8. The molecule has 0 saturated heterocycles. The molecule has 1 N–H and O–H groups in total. The number of carbonyl (C=O) groups excluding carboxylic acids is 1. The molecule has 0 aromatic rings. The first-order valence-electron chi connectivity index (χ1n) is 4.48. The summed E-state index contributed by atoms with van der Waals surface area (Å²) in [5, 5.41) is 0. The lowest BCUT2D eigenvalue weighted by molar-refractivity contribution is -0.137. The molecule has 0 atom stereocenters. The number of ether oxygens (including phenoxy) is 2. The average Bonchev–Trinajstić information content (AvgIpc) is 2.17. The Morgan fingerprint density at radius 1 is 1.43 bits per heavy atom. The molecular formula is C9H17NO4. The minimum Gasteiger partial charge on any atom is -0.463 e. The summed E-state index contributed by atoms with van der Waals surface area (Å²) in [5.74, 6) is -0.341. The van der Waals surface area contributed by atoms with Crippen LogP contribution in [-0.4, -0.2) is 39.4 Å². The van der Waals surface area contributed by atoms with Crippen molar-refractivity contribution in [1.29, 1.82) is 0 Å². The molecule has 0 unspecified atom stereocenters. The van der Waals surface area contributed by atoms with Crippen molar-refractivity contribution in [3.63, 3.8) is 0 Å². The normalized spacial score (nSPS) is 10.7. The lowest BCUT2D eigenvalue weighted by Gasteiger charge is -2.01. The van der Waals surface area contributed by atoms with Crippen molar-refractivity contribution in [2.45, 2.75) is 6.92 Å². The van der Waals surface area contributed by atoms with Crippen LogP contribution in [0.5, 0.6) is 0 Å². The van der Waals surface area contributed by atoms with Gasteiger partial charge in [0, 0.05) is 19.7 Å². The molecule has 0 aromatic heterocycles. The maximum Gasteiger partial charge on any atom is 0.330 e. The Bertz CT molecular complexity index is 170. The number of nitrogens with one attached hydrogen (secondary N) is 1. The molecule has 0 spiro atoms. The Morgan fingerprint density at radius 3 is 2.86 bits per heavy atom. The van der Waals surface area contributed by atoms with Crippen molar-refractivity contribution in [3.05, 3.63) is 12.2 Å². The fraction of sp³-hybridized carbons (Fsp3) is 0.667. The van der Waals surface area contributed by atoms with Crippen LogP contribution < -0.4 is 5.48 Å². The number of hydrogen-bond donors (Lipinski definition) is 1. The summed E-state index contributed by atoms with van der Waals surface area (Å²) in [6, 6.07) is 0. The van der Waals surface area contributed by atoms with Gasteiger partial charge in [0.2, 0.25) is 0 Å². The van der Waals surface area contributed by atoms with Gasteiger partial charge in [-0.2, -0.15) is 5.48 Å². The Hall–Kier alpha value is -0.910.